The molecule has 1 aromatic heterocycles. The molecule has 1 N–H and O–H groups in total. The fourth-order valence-corrected chi connectivity index (χ4v) is 4.22. The Hall–Kier alpha value is -3.07. The van der Waals surface area contributed by atoms with Gasteiger partial charge in [0.25, 0.3) is 5.56 Å². The number of carbonyl (C=O) groups is 1. The molecule has 158 valence electrons. The molecule has 0 atom stereocenters. The number of aryl methyl sites for hydroxylation is 1. The van der Waals surface area contributed by atoms with E-state index in [4.69, 9.17) is 4.74 Å². The molecule has 0 unspecified atom stereocenters. The van der Waals surface area contributed by atoms with Crippen molar-refractivity contribution in [1.82, 2.24) is 4.57 Å². The standard InChI is InChI=1S/C24H28N2O4/c1-14(2)18-10-9-15(3)11-21(18)30-13-20(27)22-16(4)19(12-25)23(28)26(24(22)29)17-7-5-6-8-17/h9-11,14,17,29H,5-8,13H2,1-4H3. The molecule has 1 aliphatic carbocycles. The lowest BCUT2D eigenvalue weighted by Gasteiger charge is -2.20. The number of ketones is 1. The molecule has 1 aromatic carbocycles. The van der Waals surface area contributed by atoms with Crippen molar-refractivity contribution in [2.75, 3.05) is 6.61 Å². The molecular formula is C24H28N2O4. The average Bonchev–Trinajstić information content (AvgIpc) is 3.20. The highest BCUT2D eigenvalue weighted by atomic mass is 16.5. The highest BCUT2D eigenvalue weighted by Gasteiger charge is 2.29. The van der Waals surface area contributed by atoms with Crippen LogP contribution in [0.4, 0.5) is 0 Å². The SMILES string of the molecule is Cc1ccc(C(C)C)c(OCC(=O)c2c(C)c(C#N)c(=O)n(C3CCCC3)c2O)c1. The Labute approximate surface area is 176 Å². The van der Waals surface area contributed by atoms with Crippen LogP contribution >= 0.6 is 0 Å². The second-order valence-corrected chi connectivity index (χ2v) is 8.33. The van der Waals surface area contributed by atoms with Gasteiger partial charge in [-0.2, -0.15) is 5.26 Å². The van der Waals surface area contributed by atoms with Gasteiger partial charge >= 0.3 is 0 Å². The lowest BCUT2D eigenvalue weighted by molar-refractivity contribution is 0.0915. The average molecular weight is 408 g/mol. The van der Waals surface area contributed by atoms with Gasteiger partial charge in [-0.3, -0.25) is 14.2 Å². The molecule has 0 amide bonds. The monoisotopic (exact) mass is 408 g/mol. The van der Waals surface area contributed by atoms with Crippen LogP contribution < -0.4 is 10.3 Å². The first-order valence-corrected chi connectivity index (χ1v) is 10.4. The van der Waals surface area contributed by atoms with E-state index in [0.717, 1.165) is 36.8 Å². The van der Waals surface area contributed by atoms with Crippen LogP contribution in [0.1, 0.15) is 84.1 Å². The number of aromatic nitrogens is 1. The highest BCUT2D eigenvalue weighted by molar-refractivity contribution is 6.01. The minimum atomic E-state index is -0.530. The molecule has 0 radical (unpaired) electrons. The van der Waals surface area contributed by atoms with E-state index in [9.17, 15) is 20.0 Å². The lowest BCUT2D eigenvalue weighted by atomic mass is 10.00. The molecule has 1 heterocycles. The summed E-state index contributed by atoms with van der Waals surface area (Å²) in [6.07, 6.45) is 3.38. The summed E-state index contributed by atoms with van der Waals surface area (Å²) >= 11 is 0. The molecule has 0 saturated heterocycles. The second kappa shape index (κ2) is 8.74. The normalized spacial score (nSPS) is 14.1. The Kier molecular flexibility index (Phi) is 6.31. The number of Topliss-reactive ketones (excluding diaryl/α,β-unsaturated/α-hetero) is 1. The number of aromatic hydroxyl groups is 1. The van der Waals surface area contributed by atoms with Gasteiger partial charge in [0, 0.05) is 6.04 Å². The van der Waals surface area contributed by atoms with Crippen molar-refractivity contribution in [3.8, 4) is 17.7 Å². The Morgan fingerprint density at radius 1 is 1.30 bits per heavy atom. The quantitative estimate of drug-likeness (QED) is 0.708. The van der Waals surface area contributed by atoms with E-state index in [0.29, 0.717) is 5.75 Å². The summed E-state index contributed by atoms with van der Waals surface area (Å²) in [5, 5.41) is 20.4. The predicted molar refractivity (Wildman–Crippen MR) is 114 cm³/mol. The summed E-state index contributed by atoms with van der Waals surface area (Å²) in [6, 6.07) is 7.59. The van der Waals surface area contributed by atoms with Crippen molar-refractivity contribution in [2.24, 2.45) is 0 Å². The van der Waals surface area contributed by atoms with Crippen molar-refractivity contribution in [2.45, 2.75) is 65.3 Å². The van der Waals surface area contributed by atoms with Gasteiger partial charge in [0.15, 0.2) is 6.61 Å². The third-order valence-corrected chi connectivity index (χ3v) is 5.86. The lowest BCUT2D eigenvalue weighted by Crippen LogP contribution is -2.29. The zero-order chi connectivity index (χ0) is 22.0. The first-order valence-electron chi connectivity index (χ1n) is 10.4. The summed E-state index contributed by atoms with van der Waals surface area (Å²) in [6.45, 7) is 7.28. The molecule has 1 fully saturated rings. The van der Waals surface area contributed by atoms with E-state index in [2.05, 4.69) is 0 Å². The Morgan fingerprint density at radius 3 is 2.57 bits per heavy atom. The fourth-order valence-electron chi connectivity index (χ4n) is 4.22. The van der Waals surface area contributed by atoms with Crippen molar-refractivity contribution < 1.29 is 14.6 Å². The Bertz CT molecular complexity index is 1070. The number of hydrogen-bond donors (Lipinski definition) is 1. The van der Waals surface area contributed by atoms with E-state index in [1.54, 1.807) is 0 Å². The number of carbonyl (C=O) groups excluding carboxylic acids is 1. The molecule has 6 nitrogen and oxygen atoms in total. The van der Waals surface area contributed by atoms with Crippen LogP contribution in [0.2, 0.25) is 0 Å². The fraction of sp³-hybridized carbons (Fsp3) is 0.458. The van der Waals surface area contributed by atoms with Gasteiger partial charge in [-0.25, -0.2) is 0 Å². The van der Waals surface area contributed by atoms with Crippen molar-refractivity contribution >= 4 is 5.78 Å². The molecule has 6 heteroatoms. The summed E-state index contributed by atoms with van der Waals surface area (Å²) < 4.78 is 7.08. The number of rotatable bonds is 6. The van der Waals surface area contributed by atoms with Gasteiger partial charge in [-0.1, -0.05) is 38.8 Å². The van der Waals surface area contributed by atoms with Crippen LogP contribution in [0, 0.1) is 25.2 Å². The highest BCUT2D eigenvalue weighted by Crippen LogP contribution is 2.34. The minimum Gasteiger partial charge on any atom is -0.494 e. The molecule has 3 rings (SSSR count). The van der Waals surface area contributed by atoms with E-state index < -0.39 is 11.3 Å². The Morgan fingerprint density at radius 2 is 1.97 bits per heavy atom. The molecule has 1 saturated carbocycles. The van der Waals surface area contributed by atoms with Crippen molar-refractivity contribution in [3.63, 3.8) is 0 Å². The number of hydrogen-bond acceptors (Lipinski definition) is 5. The summed E-state index contributed by atoms with van der Waals surface area (Å²) in [5.74, 6) is 0.0372. The van der Waals surface area contributed by atoms with Crippen LogP contribution in [-0.4, -0.2) is 22.1 Å². The van der Waals surface area contributed by atoms with Crippen LogP contribution in [0.5, 0.6) is 11.6 Å². The van der Waals surface area contributed by atoms with Crippen molar-refractivity contribution in [3.05, 3.63) is 56.4 Å². The zero-order valence-electron chi connectivity index (χ0n) is 18.0. The van der Waals surface area contributed by atoms with Crippen molar-refractivity contribution in [1.29, 1.82) is 5.26 Å². The first-order chi connectivity index (χ1) is 14.3. The summed E-state index contributed by atoms with van der Waals surface area (Å²) in [4.78, 5) is 25.8. The number of pyridine rings is 1. The second-order valence-electron chi connectivity index (χ2n) is 8.33. The van der Waals surface area contributed by atoms with Crippen LogP contribution in [-0.2, 0) is 0 Å². The molecule has 0 aliphatic heterocycles. The molecule has 2 aromatic rings. The smallest absolute Gasteiger partial charge is 0.271 e. The van der Waals surface area contributed by atoms with Gasteiger partial charge in [0.2, 0.25) is 11.7 Å². The Balaban J connectivity index is 1.99. The van der Waals surface area contributed by atoms with Crippen LogP contribution in [0.3, 0.4) is 0 Å². The van der Waals surface area contributed by atoms with Gasteiger partial charge in [-0.05, 0) is 55.4 Å². The number of benzene rings is 1. The number of nitriles is 1. The maximum Gasteiger partial charge on any atom is 0.271 e. The maximum absolute atomic E-state index is 13.1. The minimum absolute atomic E-state index is 0.00296. The van der Waals surface area contributed by atoms with Crippen LogP contribution in [0.25, 0.3) is 0 Å². The predicted octanol–water partition coefficient (Wildman–Crippen LogP) is 4.54. The number of ether oxygens (including phenoxy) is 1. The van der Waals surface area contributed by atoms with Gasteiger partial charge in [0.1, 0.15) is 17.4 Å². The third-order valence-electron chi connectivity index (χ3n) is 5.86. The largest absolute Gasteiger partial charge is 0.494 e. The maximum atomic E-state index is 13.1. The van der Waals surface area contributed by atoms with Gasteiger partial charge in [0.05, 0.1) is 5.56 Å². The van der Waals surface area contributed by atoms with E-state index in [-0.39, 0.29) is 41.1 Å². The van der Waals surface area contributed by atoms with E-state index in [1.807, 2.05) is 45.0 Å². The van der Waals surface area contributed by atoms with Gasteiger partial charge < -0.3 is 9.84 Å². The molecule has 0 bridgehead atoms. The molecule has 0 spiro atoms. The molecule has 30 heavy (non-hydrogen) atoms. The first kappa shape index (κ1) is 21.6. The topological polar surface area (TPSA) is 92.3 Å². The molecule has 1 aliphatic rings. The zero-order valence-corrected chi connectivity index (χ0v) is 18.0. The van der Waals surface area contributed by atoms with Crippen LogP contribution in [0.15, 0.2) is 23.0 Å². The van der Waals surface area contributed by atoms with Gasteiger partial charge in [-0.15, -0.1) is 0 Å². The summed E-state index contributed by atoms with van der Waals surface area (Å²) in [5.41, 5.74) is 1.58. The third kappa shape index (κ3) is 3.97. The molecular weight excluding hydrogens is 380 g/mol. The summed E-state index contributed by atoms with van der Waals surface area (Å²) in [7, 11) is 0. The van der Waals surface area contributed by atoms with E-state index in [1.165, 1.54) is 11.5 Å². The van der Waals surface area contributed by atoms with E-state index >= 15 is 0 Å². The number of nitrogens with zero attached hydrogens (tertiary/aromatic N) is 2.